The maximum atomic E-state index is 4.47. The first kappa shape index (κ1) is 14.3. The zero-order valence-corrected chi connectivity index (χ0v) is 12.9. The van der Waals surface area contributed by atoms with Crippen LogP contribution < -0.4 is 15.6 Å². The molecule has 0 bridgehead atoms. The molecule has 6 nitrogen and oxygen atoms in total. The number of anilines is 2. The molecule has 1 aliphatic rings. The molecule has 0 radical (unpaired) electrons. The molecule has 0 amide bonds. The van der Waals surface area contributed by atoms with Crippen LogP contribution in [-0.2, 0) is 0 Å². The lowest BCUT2D eigenvalue weighted by atomic mass is 10.1. The Morgan fingerprint density at radius 3 is 2.04 bits per heavy atom. The molecule has 0 fully saturated rings. The van der Waals surface area contributed by atoms with Crippen LogP contribution in [0.5, 0.6) is 0 Å². The van der Waals surface area contributed by atoms with Gasteiger partial charge in [-0.25, -0.2) is 15.0 Å². The molecule has 3 aromatic heterocycles. The van der Waals surface area contributed by atoms with Gasteiger partial charge in [-0.05, 0) is 36.4 Å². The van der Waals surface area contributed by atoms with E-state index in [1.165, 1.54) is 0 Å². The Morgan fingerprint density at radius 1 is 0.750 bits per heavy atom. The number of hydrogen-bond donors (Lipinski definition) is 1. The van der Waals surface area contributed by atoms with Crippen LogP contribution in [-0.4, -0.2) is 21.5 Å². The van der Waals surface area contributed by atoms with Gasteiger partial charge in [-0.3, -0.25) is 9.99 Å². The van der Waals surface area contributed by atoms with E-state index in [9.17, 15) is 0 Å². The molecule has 1 N–H and O–H groups in total. The van der Waals surface area contributed by atoms with Crippen LogP contribution in [0.25, 0.3) is 5.57 Å². The lowest BCUT2D eigenvalue weighted by Crippen LogP contribution is -2.52. The van der Waals surface area contributed by atoms with E-state index in [-0.39, 0.29) is 0 Å². The summed E-state index contributed by atoms with van der Waals surface area (Å²) < 4.78 is 0. The second kappa shape index (κ2) is 6.47. The second-order valence-corrected chi connectivity index (χ2v) is 5.30. The molecular weight excluding hydrogens is 300 g/mol. The van der Waals surface area contributed by atoms with Crippen LogP contribution in [0.4, 0.5) is 11.6 Å². The Morgan fingerprint density at radius 2 is 1.42 bits per heavy atom. The fourth-order valence-corrected chi connectivity index (χ4v) is 2.52. The van der Waals surface area contributed by atoms with Crippen molar-refractivity contribution < 1.29 is 0 Å². The number of pyridine rings is 3. The standard InChI is InChI=1S/C18H16N6/c1-4-10-19-16(7-1)15-13-23(17-8-2-5-11-20-17)22-24(14-15)18-9-3-6-12-21-18/h1-13,22H,14H2. The maximum absolute atomic E-state index is 4.47. The highest BCUT2D eigenvalue weighted by atomic mass is 15.8. The van der Waals surface area contributed by atoms with Crippen molar-refractivity contribution in [1.82, 2.24) is 20.5 Å². The highest BCUT2D eigenvalue weighted by Gasteiger charge is 2.21. The van der Waals surface area contributed by atoms with Gasteiger partial charge in [0, 0.05) is 30.4 Å². The van der Waals surface area contributed by atoms with E-state index in [1.807, 2.05) is 70.8 Å². The first-order valence-electron chi connectivity index (χ1n) is 7.67. The van der Waals surface area contributed by atoms with E-state index in [4.69, 9.17) is 0 Å². The summed E-state index contributed by atoms with van der Waals surface area (Å²) in [6, 6.07) is 17.5. The Balaban J connectivity index is 1.73. The van der Waals surface area contributed by atoms with E-state index in [2.05, 4.69) is 20.5 Å². The fraction of sp³-hybridized carbons (Fsp3) is 0.0556. The predicted octanol–water partition coefficient (Wildman–Crippen LogP) is 2.66. The minimum atomic E-state index is 0.650. The summed E-state index contributed by atoms with van der Waals surface area (Å²) in [5.74, 6) is 1.63. The molecule has 6 heteroatoms. The van der Waals surface area contributed by atoms with E-state index in [1.54, 1.807) is 18.6 Å². The first-order chi connectivity index (χ1) is 11.9. The number of hydrazine groups is 2. The van der Waals surface area contributed by atoms with Crippen molar-refractivity contribution in [3.8, 4) is 0 Å². The van der Waals surface area contributed by atoms with Crippen LogP contribution in [0.2, 0.25) is 0 Å². The summed E-state index contributed by atoms with van der Waals surface area (Å²) in [6.45, 7) is 0.650. The highest BCUT2D eigenvalue weighted by Crippen LogP contribution is 2.23. The third-order valence-corrected chi connectivity index (χ3v) is 3.66. The topological polar surface area (TPSA) is 57.2 Å². The molecule has 118 valence electrons. The zero-order chi connectivity index (χ0) is 16.2. The van der Waals surface area contributed by atoms with E-state index >= 15 is 0 Å². The molecule has 0 aromatic carbocycles. The van der Waals surface area contributed by atoms with Gasteiger partial charge in [0.15, 0.2) is 0 Å². The molecule has 0 spiro atoms. The van der Waals surface area contributed by atoms with Gasteiger partial charge in [-0.15, -0.1) is 5.53 Å². The molecule has 0 aliphatic carbocycles. The van der Waals surface area contributed by atoms with Gasteiger partial charge in [0.05, 0.1) is 12.2 Å². The number of rotatable bonds is 3. The van der Waals surface area contributed by atoms with E-state index < -0.39 is 0 Å². The van der Waals surface area contributed by atoms with Gasteiger partial charge >= 0.3 is 0 Å². The summed E-state index contributed by atoms with van der Waals surface area (Å²) in [7, 11) is 0. The SMILES string of the molecule is C1=C(c2ccccn2)CN(c2ccccn2)NN1c1ccccn1. The van der Waals surface area contributed by atoms with Crippen LogP contribution in [0.3, 0.4) is 0 Å². The van der Waals surface area contributed by atoms with Crippen LogP contribution in [0.15, 0.2) is 79.4 Å². The van der Waals surface area contributed by atoms with Gasteiger partial charge < -0.3 is 0 Å². The maximum Gasteiger partial charge on any atom is 0.148 e. The molecule has 4 rings (SSSR count). The van der Waals surface area contributed by atoms with Crippen molar-refractivity contribution in [2.24, 2.45) is 0 Å². The van der Waals surface area contributed by atoms with Crippen molar-refractivity contribution in [3.05, 3.63) is 85.1 Å². The van der Waals surface area contributed by atoms with E-state index in [0.29, 0.717) is 6.54 Å². The largest absolute Gasteiger partial charge is 0.269 e. The Kier molecular flexibility index (Phi) is 3.87. The smallest absolute Gasteiger partial charge is 0.148 e. The number of nitrogens with one attached hydrogen (secondary N) is 1. The average molecular weight is 316 g/mol. The summed E-state index contributed by atoms with van der Waals surface area (Å²) in [6.07, 6.45) is 7.37. The molecule has 0 saturated carbocycles. The molecule has 4 heterocycles. The first-order valence-corrected chi connectivity index (χ1v) is 7.67. The number of aromatic nitrogens is 3. The lowest BCUT2D eigenvalue weighted by Gasteiger charge is -2.35. The monoisotopic (exact) mass is 316 g/mol. The molecule has 24 heavy (non-hydrogen) atoms. The summed E-state index contributed by atoms with van der Waals surface area (Å²) in [4.78, 5) is 13.3. The van der Waals surface area contributed by atoms with E-state index in [0.717, 1.165) is 22.9 Å². The lowest BCUT2D eigenvalue weighted by molar-refractivity contribution is 0.630. The molecule has 3 aromatic rings. The van der Waals surface area contributed by atoms with Gasteiger partial charge in [-0.2, -0.15) is 0 Å². The Bertz CT molecular complexity index is 820. The molecule has 0 atom stereocenters. The van der Waals surface area contributed by atoms with Gasteiger partial charge in [0.1, 0.15) is 11.6 Å². The van der Waals surface area contributed by atoms with Crippen molar-refractivity contribution in [2.45, 2.75) is 0 Å². The second-order valence-electron chi connectivity index (χ2n) is 5.30. The zero-order valence-electron chi connectivity index (χ0n) is 12.9. The Hall–Kier alpha value is -3.25. The number of nitrogens with zero attached hydrogens (tertiary/aromatic N) is 5. The van der Waals surface area contributed by atoms with Crippen molar-refractivity contribution in [3.63, 3.8) is 0 Å². The van der Waals surface area contributed by atoms with Crippen molar-refractivity contribution in [1.29, 1.82) is 0 Å². The third-order valence-electron chi connectivity index (χ3n) is 3.66. The Labute approximate surface area is 140 Å². The average Bonchev–Trinajstić information content (AvgIpc) is 2.70. The van der Waals surface area contributed by atoms with Gasteiger partial charge in [-0.1, -0.05) is 18.2 Å². The molecule has 0 unspecified atom stereocenters. The normalized spacial score (nSPS) is 14.4. The molecule has 1 aliphatic heterocycles. The van der Waals surface area contributed by atoms with Crippen LogP contribution >= 0.6 is 0 Å². The molecule has 0 saturated heterocycles. The quantitative estimate of drug-likeness (QED) is 0.802. The minimum absolute atomic E-state index is 0.650. The minimum Gasteiger partial charge on any atom is -0.269 e. The summed E-state index contributed by atoms with van der Waals surface area (Å²) in [5, 5.41) is 3.85. The predicted molar refractivity (Wildman–Crippen MR) is 93.6 cm³/mol. The molecular formula is C18H16N6. The number of hydrogen-bond acceptors (Lipinski definition) is 6. The van der Waals surface area contributed by atoms with Gasteiger partial charge in [0.25, 0.3) is 0 Å². The summed E-state index contributed by atoms with van der Waals surface area (Å²) in [5.41, 5.74) is 5.33. The summed E-state index contributed by atoms with van der Waals surface area (Å²) >= 11 is 0. The third kappa shape index (κ3) is 2.95. The van der Waals surface area contributed by atoms with Gasteiger partial charge in [0.2, 0.25) is 0 Å². The van der Waals surface area contributed by atoms with Crippen molar-refractivity contribution >= 4 is 17.2 Å². The highest BCUT2D eigenvalue weighted by molar-refractivity contribution is 5.71. The fourth-order valence-electron chi connectivity index (χ4n) is 2.52. The van der Waals surface area contributed by atoms with Crippen molar-refractivity contribution in [2.75, 3.05) is 16.6 Å². The van der Waals surface area contributed by atoms with Crippen LogP contribution in [0, 0.1) is 0 Å². The van der Waals surface area contributed by atoms with Crippen LogP contribution in [0.1, 0.15) is 5.69 Å².